The number of hydrogen-bond acceptors (Lipinski definition) is 5. The van der Waals surface area contributed by atoms with E-state index >= 15 is 0 Å². The molecule has 0 saturated carbocycles. The molecular weight excluding hydrogens is 707 g/mol. The Bertz CT molecular complexity index is 870. The quantitative estimate of drug-likeness (QED) is 0.0322. The van der Waals surface area contributed by atoms with E-state index in [9.17, 15) is 19.4 Å². The van der Waals surface area contributed by atoms with Gasteiger partial charge in [-0.15, -0.1) is 0 Å². The number of phosphoric acid groups is 1. The molecule has 0 saturated heterocycles. The third kappa shape index (κ3) is 41.5. The summed E-state index contributed by atoms with van der Waals surface area (Å²) in [5, 5.41) is 13.9. The number of amides is 1. The zero-order valence-electron chi connectivity index (χ0n) is 37.4. The summed E-state index contributed by atoms with van der Waals surface area (Å²) in [4.78, 5) is 23.1. The molecule has 330 valence electrons. The van der Waals surface area contributed by atoms with Crippen LogP contribution in [0.4, 0.5) is 0 Å². The summed E-state index contributed by atoms with van der Waals surface area (Å²) in [5.74, 6) is -0.141. The zero-order chi connectivity index (χ0) is 40.7. The number of hydrogen-bond donors (Lipinski definition) is 3. The van der Waals surface area contributed by atoms with Crippen molar-refractivity contribution in [3.05, 3.63) is 0 Å². The van der Waals surface area contributed by atoms with Crippen molar-refractivity contribution < 1.29 is 32.9 Å². The van der Waals surface area contributed by atoms with Gasteiger partial charge in [-0.25, -0.2) is 4.57 Å². The number of aliphatic hydroxyl groups excluding tert-OH is 1. The normalized spacial score (nSPS) is 14.2. The van der Waals surface area contributed by atoms with Crippen LogP contribution in [0.1, 0.15) is 239 Å². The van der Waals surface area contributed by atoms with Gasteiger partial charge in [-0.3, -0.25) is 13.8 Å². The van der Waals surface area contributed by atoms with Crippen molar-refractivity contribution in [2.24, 2.45) is 0 Å². The largest absolute Gasteiger partial charge is 0.472 e. The molecule has 0 aliphatic rings. The SMILES string of the molecule is CCCCCCCCCCCCCCCCCCCCCCCCCC(=O)N[C@@H](COP(=O)(O)OCC[N+](C)(C)C)[C@H](O)CCCCCCCCCCCC. The van der Waals surface area contributed by atoms with Gasteiger partial charge in [0.25, 0.3) is 0 Å². The van der Waals surface area contributed by atoms with Crippen LogP contribution in [0.2, 0.25) is 0 Å². The van der Waals surface area contributed by atoms with Crippen LogP contribution in [0.25, 0.3) is 0 Å². The van der Waals surface area contributed by atoms with Crippen LogP contribution in [0, 0.1) is 0 Å². The van der Waals surface area contributed by atoms with Gasteiger partial charge in [-0.1, -0.05) is 219 Å². The average Bonchev–Trinajstić information content (AvgIpc) is 3.13. The van der Waals surface area contributed by atoms with Gasteiger partial charge in [0, 0.05) is 6.42 Å². The minimum Gasteiger partial charge on any atom is -0.391 e. The summed E-state index contributed by atoms with van der Waals surface area (Å²) in [6.45, 7) is 4.90. The summed E-state index contributed by atoms with van der Waals surface area (Å²) >= 11 is 0. The number of nitrogens with one attached hydrogen (secondary N) is 1. The smallest absolute Gasteiger partial charge is 0.391 e. The highest BCUT2D eigenvalue weighted by Crippen LogP contribution is 2.43. The maximum atomic E-state index is 12.9. The van der Waals surface area contributed by atoms with E-state index < -0.39 is 20.0 Å². The van der Waals surface area contributed by atoms with Crippen LogP contribution in [-0.4, -0.2) is 73.4 Å². The van der Waals surface area contributed by atoms with Gasteiger partial charge in [0.1, 0.15) is 13.2 Å². The van der Waals surface area contributed by atoms with Crippen molar-refractivity contribution in [3.8, 4) is 0 Å². The van der Waals surface area contributed by atoms with Crippen LogP contribution < -0.4 is 5.32 Å². The number of carbonyl (C=O) groups is 1. The van der Waals surface area contributed by atoms with Crippen LogP contribution in [0.5, 0.6) is 0 Å². The molecule has 0 aliphatic heterocycles. The molecule has 8 nitrogen and oxygen atoms in total. The van der Waals surface area contributed by atoms with Gasteiger partial charge in [0.2, 0.25) is 5.91 Å². The molecule has 1 amide bonds. The second kappa shape index (κ2) is 39.0. The Balaban J connectivity index is 4.11. The lowest BCUT2D eigenvalue weighted by Gasteiger charge is -2.26. The minimum absolute atomic E-state index is 0.0784. The number of rotatable bonds is 44. The van der Waals surface area contributed by atoms with Crippen molar-refractivity contribution in [1.29, 1.82) is 0 Å². The van der Waals surface area contributed by atoms with Gasteiger partial charge in [0.05, 0.1) is 39.9 Å². The predicted molar refractivity (Wildman–Crippen MR) is 236 cm³/mol. The Labute approximate surface area is 342 Å². The van der Waals surface area contributed by atoms with Gasteiger partial charge in [-0.2, -0.15) is 0 Å². The van der Waals surface area contributed by atoms with Crippen LogP contribution in [0.15, 0.2) is 0 Å². The summed E-state index contributed by atoms with van der Waals surface area (Å²) in [6, 6.07) is -0.752. The summed E-state index contributed by atoms with van der Waals surface area (Å²) in [5.41, 5.74) is 0. The van der Waals surface area contributed by atoms with Gasteiger partial charge in [0.15, 0.2) is 0 Å². The maximum absolute atomic E-state index is 12.9. The Morgan fingerprint density at radius 1 is 0.545 bits per heavy atom. The minimum atomic E-state index is -4.30. The molecule has 0 rings (SSSR count). The van der Waals surface area contributed by atoms with Crippen LogP contribution >= 0.6 is 7.82 Å². The van der Waals surface area contributed by atoms with Crippen molar-refractivity contribution in [1.82, 2.24) is 5.32 Å². The standard InChI is InChI=1S/C46H95N2O6P/c1-6-8-10-12-14-16-18-19-20-21-22-23-24-25-26-27-28-29-30-32-34-36-38-40-46(50)47-44(43-54-55(51,52)53-42-41-48(3,4)5)45(49)39-37-35-33-31-17-15-13-11-9-7-2/h44-45,49H,6-43H2,1-5H3,(H-,47,50,51,52)/p+1/t44-,45+/m0/s1. The number of phosphoric ester groups is 1. The first-order chi connectivity index (χ1) is 26.5. The fourth-order valence-electron chi connectivity index (χ4n) is 7.28. The Kier molecular flexibility index (Phi) is 38.6. The lowest BCUT2D eigenvalue weighted by Crippen LogP contribution is -2.46. The van der Waals surface area contributed by atoms with E-state index in [-0.39, 0.29) is 19.1 Å². The molecule has 1 unspecified atom stereocenters. The molecule has 0 fully saturated rings. The number of carbonyl (C=O) groups excluding carboxylic acids is 1. The van der Waals surface area contributed by atoms with Gasteiger partial charge >= 0.3 is 7.82 Å². The van der Waals surface area contributed by atoms with E-state index in [1.807, 2.05) is 21.1 Å². The lowest BCUT2D eigenvalue weighted by molar-refractivity contribution is -0.870. The Hall–Kier alpha value is -0.500. The number of quaternary nitrogens is 1. The molecule has 3 atom stereocenters. The second-order valence-corrected chi connectivity index (χ2v) is 19.3. The molecule has 3 N–H and O–H groups in total. The molecule has 0 radical (unpaired) electrons. The van der Waals surface area contributed by atoms with Crippen molar-refractivity contribution in [3.63, 3.8) is 0 Å². The first-order valence-electron chi connectivity index (χ1n) is 23.9. The third-order valence-electron chi connectivity index (χ3n) is 11.1. The molecule has 9 heteroatoms. The molecule has 55 heavy (non-hydrogen) atoms. The maximum Gasteiger partial charge on any atom is 0.472 e. The molecule has 0 aromatic rings. The van der Waals surface area contributed by atoms with Crippen LogP contribution in [-0.2, 0) is 18.4 Å². The highest BCUT2D eigenvalue weighted by molar-refractivity contribution is 7.47. The molecule has 0 bridgehead atoms. The zero-order valence-corrected chi connectivity index (χ0v) is 38.3. The highest BCUT2D eigenvalue weighted by Gasteiger charge is 2.28. The monoisotopic (exact) mass is 804 g/mol. The number of likely N-dealkylation sites (N-methyl/N-ethyl adjacent to an activating group) is 1. The third-order valence-corrected chi connectivity index (χ3v) is 12.1. The molecule has 0 aromatic carbocycles. The van der Waals surface area contributed by atoms with E-state index in [2.05, 4.69) is 19.2 Å². The molecule has 0 heterocycles. The predicted octanol–water partition coefficient (Wildman–Crippen LogP) is 13.4. The Morgan fingerprint density at radius 3 is 1.22 bits per heavy atom. The fourth-order valence-corrected chi connectivity index (χ4v) is 8.02. The van der Waals surface area contributed by atoms with E-state index in [0.29, 0.717) is 23.9 Å². The van der Waals surface area contributed by atoms with E-state index in [4.69, 9.17) is 9.05 Å². The first kappa shape index (κ1) is 54.5. The van der Waals surface area contributed by atoms with Crippen molar-refractivity contribution in [2.75, 3.05) is 40.9 Å². The summed E-state index contributed by atoms with van der Waals surface area (Å²) in [6.07, 6.45) is 42.9. The molecule has 0 spiro atoms. The van der Waals surface area contributed by atoms with Crippen LogP contribution in [0.3, 0.4) is 0 Å². The molecule has 0 aliphatic carbocycles. The summed E-state index contributed by atoms with van der Waals surface area (Å²) < 4.78 is 23.6. The molecular formula is C46H96N2O6P+. The van der Waals surface area contributed by atoms with Crippen molar-refractivity contribution >= 4 is 13.7 Å². The van der Waals surface area contributed by atoms with Gasteiger partial charge < -0.3 is 19.8 Å². The average molecular weight is 804 g/mol. The number of nitrogens with zero attached hydrogens (tertiary/aromatic N) is 1. The topological polar surface area (TPSA) is 105 Å². The summed E-state index contributed by atoms with van der Waals surface area (Å²) in [7, 11) is 1.63. The fraction of sp³-hybridized carbons (Fsp3) is 0.978. The first-order valence-corrected chi connectivity index (χ1v) is 25.4. The lowest BCUT2D eigenvalue weighted by atomic mass is 10.0. The number of unbranched alkanes of at least 4 members (excludes halogenated alkanes) is 31. The van der Waals surface area contributed by atoms with E-state index in [1.54, 1.807) is 0 Å². The number of aliphatic hydroxyl groups is 1. The second-order valence-electron chi connectivity index (χ2n) is 17.9. The Morgan fingerprint density at radius 2 is 0.873 bits per heavy atom. The molecule has 0 aromatic heterocycles. The highest BCUT2D eigenvalue weighted by atomic mass is 31.2. The van der Waals surface area contributed by atoms with E-state index in [1.165, 1.54) is 173 Å². The van der Waals surface area contributed by atoms with Gasteiger partial charge in [-0.05, 0) is 12.8 Å². The van der Waals surface area contributed by atoms with Crippen molar-refractivity contribution in [2.45, 2.75) is 251 Å². The van der Waals surface area contributed by atoms with E-state index in [0.717, 1.165) is 38.5 Å².